The maximum absolute atomic E-state index is 11.8. The highest BCUT2D eigenvalue weighted by atomic mass is 79.9. The van der Waals surface area contributed by atoms with E-state index in [4.69, 9.17) is 0 Å². The van der Waals surface area contributed by atoms with Crippen molar-refractivity contribution >= 4 is 15.9 Å². The smallest absolute Gasteiger partial charge is 0.267 e. The molecule has 0 aliphatic rings. The fourth-order valence-corrected chi connectivity index (χ4v) is 1.84. The lowest BCUT2D eigenvalue weighted by Gasteiger charge is -2.10. The van der Waals surface area contributed by atoms with E-state index in [1.165, 1.54) is 0 Å². The van der Waals surface area contributed by atoms with Gasteiger partial charge in [0.15, 0.2) is 0 Å². The molecule has 0 unspecified atom stereocenters. The highest BCUT2D eigenvalue weighted by Gasteiger charge is 2.04. The first-order valence-corrected chi connectivity index (χ1v) is 6.74. The monoisotopic (exact) mass is 301 g/mol. The predicted molar refractivity (Wildman–Crippen MR) is 73.3 cm³/mol. The molecule has 0 atom stereocenters. The van der Waals surface area contributed by atoms with Gasteiger partial charge in [-0.15, -0.1) is 0 Å². The molecule has 1 aromatic heterocycles. The number of rotatable bonds is 6. The zero-order valence-electron chi connectivity index (χ0n) is 10.7. The van der Waals surface area contributed by atoms with E-state index in [1.54, 1.807) is 10.8 Å². The molecule has 0 spiro atoms. The quantitative estimate of drug-likeness (QED) is 0.817. The van der Waals surface area contributed by atoms with E-state index < -0.39 is 0 Å². The maximum Gasteiger partial charge on any atom is 0.267 e. The van der Waals surface area contributed by atoms with E-state index in [9.17, 15) is 4.79 Å². The van der Waals surface area contributed by atoms with Crippen molar-refractivity contribution in [2.75, 3.05) is 13.1 Å². The van der Waals surface area contributed by atoms with Crippen LogP contribution in [-0.4, -0.2) is 22.6 Å². The molecule has 1 heterocycles. The lowest BCUT2D eigenvalue weighted by molar-refractivity contribution is 0.509. The van der Waals surface area contributed by atoms with Crippen molar-refractivity contribution in [1.29, 1.82) is 0 Å². The third kappa shape index (κ3) is 4.60. The van der Waals surface area contributed by atoms with E-state index in [0.717, 1.165) is 25.3 Å². The van der Waals surface area contributed by atoms with Crippen LogP contribution in [0, 0.1) is 12.8 Å². The van der Waals surface area contributed by atoms with Crippen LogP contribution in [-0.2, 0) is 6.54 Å². The Morgan fingerprint density at radius 2 is 2.18 bits per heavy atom. The number of nitrogens with one attached hydrogen (secondary N) is 1. The number of nitrogens with zero attached hydrogens (tertiary/aromatic N) is 2. The maximum atomic E-state index is 11.8. The summed E-state index contributed by atoms with van der Waals surface area (Å²) >= 11 is 3.21. The van der Waals surface area contributed by atoms with Gasteiger partial charge in [-0.1, -0.05) is 13.8 Å². The van der Waals surface area contributed by atoms with Gasteiger partial charge in [0.05, 0.1) is 0 Å². The molecule has 4 nitrogen and oxygen atoms in total. The Labute approximate surface area is 111 Å². The lowest BCUT2D eigenvalue weighted by Crippen LogP contribution is -2.30. The Bertz CT molecular complexity index is 415. The molecule has 0 aliphatic heterocycles. The fourth-order valence-electron chi connectivity index (χ4n) is 1.52. The van der Waals surface area contributed by atoms with Gasteiger partial charge in [-0.25, -0.2) is 4.98 Å². The summed E-state index contributed by atoms with van der Waals surface area (Å²) in [6.45, 7) is 8.71. The molecule has 1 aromatic rings. The number of halogens is 1. The van der Waals surface area contributed by atoms with Crippen LogP contribution in [0.5, 0.6) is 0 Å². The Hall–Kier alpha value is -0.680. The van der Waals surface area contributed by atoms with Crippen LogP contribution in [0.1, 0.15) is 26.1 Å². The summed E-state index contributed by atoms with van der Waals surface area (Å²) in [5, 5.41) is 3.34. The number of aromatic nitrogens is 2. The van der Waals surface area contributed by atoms with Crippen molar-refractivity contribution < 1.29 is 0 Å². The van der Waals surface area contributed by atoms with Crippen molar-refractivity contribution in [2.24, 2.45) is 5.92 Å². The van der Waals surface area contributed by atoms with E-state index in [1.807, 2.05) is 6.92 Å². The van der Waals surface area contributed by atoms with Crippen molar-refractivity contribution in [2.45, 2.75) is 33.7 Å². The molecule has 1 N–H and O–H groups in total. The molecule has 0 aromatic carbocycles. The molecule has 0 fully saturated rings. The average molecular weight is 302 g/mol. The molecule has 0 bridgehead atoms. The Morgan fingerprint density at radius 1 is 1.47 bits per heavy atom. The van der Waals surface area contributed by atoms with Crippen molar-refractivity contribution in [3.63, 3.8) is 0 Å². The molecule has 5 heteroatoms. The van der Waals surface area contributed by atoms with Crippen molar-refractivity contribution in [3.8, 4) is 0 Å². The summed E-state index contributed by atoms with van der Waals surface area (Å²) in [5.74, 6) is 1.46. The van der Waals surface area contributed by atoms with Crippen LogP contribution in [0.3, 0.4) is 0 Å². The van der Waals surface area contributed by atoms with Gasteiger partial charge in [-0.2, -0.15) is 0 Å². The molecule has 0 radical (unpaired) electrons. The zero-order chi connectivity index (χ0) is 12.8. The lowest BCUT2D eigenvalue weighted by atomic mass is 10.1. The molecule has 0 saturated carbocycles. The van der Waals surface area contributed by atoms with Gasteiger partial charge in [-0.05, 0) is 41.7 Å². The number of aryl methyl sites for hydroxylation is 1. The first-order chi connectivity index (χ1) is 8.02. The van der Waals surface area contributed by atoms with Crippen LogP contribution in [0.25, 0.3) is 0 Å². The minimum Gasteiger partial charge on any atom is -0.315 e. The molecular weight excluding hydrogens is 282 g/mol. The molecule has 0 amide bonds. The highest BCUT2D eigenvalue weighted by molar-refractivity contribution is 9.10. The third-order valence-electron chi connectivity index (χ3n) is 2.62. The van der Waals surface area contributed by atoms with Crippen molar-refractivity contribution in [1.82, 2.24) is 14.9 Å². The van der Waals surface area contributed by atoms with Crippen LogP contribution in [0.2, 0.25) is 0 Å². The highest BCUT2D eigenvalue weighted by Crippen LogP contribution is 2.01. The molecule has 0 saturated heterocycles. The second kappa shape index (κ2) is 6.91. The van der Waals surface area contributed by atoms with E-state index in [0.29, 0.717) is 16.9 Å². The number of hydrogen-bond donors (Lipinski definition) is 1. The van der Waals surface area contributed by atoms with Gasteiger partial charge in [0.2, 0.25) is 0 Å². The largest absolute Gasteiger partial charge is 0.315 e. The number of hydrogen-bond acceptors (Lipinski definition) is 3. The summed E-state index contributed by atoms with van der Waals surface area (Å²) in [6.07, 6.45) is 2.71. The van der Waals surface area contributed by atoms with E-state index in [2.05, 4.69) is 40.1 Å². The normalized spacial score (nSPS) is 11.1. The van der Waals surface area contributed by atoms with Gasteiger partial charge in [0.25, 0.3) is 5.56 Å². The predicted octanol–water partition coefficient (Wildman–Crippen LogP) is 1.95. The van der Waals surface area contributed by atoms with Crippen LogP contribution >= 0.6 is 15.9 Å². The molecular formula is C12H20BrN3O. The van der Waals surface area contributed by atoms with Crippen LogP contribution < -0.4 is 10.9 Å². The standard InChI is InChI=1S/C12H20BrN3O/c1-9(2)4-5-14-6-7-16-10(3)15-8-11(13)12(16)17/h8-9,14H,4-7H2,1-3H3. The third-order valence-corrected chi connectivity index (χ3v) is 3.16. The molecule has 17 heavy (non-hydrogen) atoms. The SMILES string of the molecule is Cc1ncc(Br)c(=O)n1CCNCCC(C)C. The minimum absolute atomic E-state index is 0.0110. The zero-order valence-corrected chi connectivity index (χ0v) is 12.2. The van der Waals surface area contributed by atoms with Gasteiger partial charge in [-0.3, -0.25) is 9.36 Å². The second-order valence-corrected chi connectivity index (χ2v) is 5.40. The molecule has 0 aliphatic carbocycles. The van der Waals surface area contributed by atoms with E-state index >= 15 is 0 Å². The Balaban J connectivity index is 2.47. The minimum atomic E-state index is -0.0110. The second-order valence-electron chi connectivity index (χ2n) is 4.54. The Kier molecular flexibility index (Phi) is 5.85. The van der Waals surface area contributed by atoms with Crippen LogP contribution in [0.15, 0.2) is 15.5 Å². The Morgan fingerprint density at radius 3 is 2.82 bits per heavy atom. The van der Waals surface area contributed by atoms with Gasteiger partial charge in [0.1, 0.15) is 10.3 Å². The average Bonchev–Trinajstić information content (AvgIpc) is 2.27. The summed E-state index contributed by atoms with van der Waals surface area (Å²) in [5.41, 5.74) is -0.0110. The van der Waals surface area contributed by atoms with Crippen LogP contribution in [0.4, 0.5) is 0 Å². The fraction of sp³-hybridized carbons (Fsp3) is 0.667. The van der Waals surface area contributed by atoms with E-state index in [-0.39, 0.29) is 5.56 Å². The molecule has 96 valence electrons. The first kappa shape index (κ1) is 14.4. The van der Waals surface area contributed by atoms with Gasteiger partial charge < -0.3 is 5.32 Å². The summed E-state index contributed by atoms with van der Waals surface area (Å²) < 4.78 is 2.21. The summed E-state index contributed by atoms with van der Waals surface area (Å²) in [6, 6.07) is 0. The van der Waals surface area contributed by atoms with Gasteiger partial charge in [0, 0.05) is 19.3 Å². The summed E-state index contributed by atoms with van der Waals surface area (Å²) in [4.78, 5) is 16.0. The topological polar surface area (TPSA) is 46.9 Å². The van der Waals surface area contributed by atoms with Gasteiger partial charge >= 0.3 is 0 Å². The molecule has 1 rings (SSSR count). The first-order valence-electron chi connectivity index (χ1n) is 5.95. The van der Waals surface area contributed by atoms with Crippen molar-refractivity contribution in [3.05, 3.63) is 26.8 Å². The summed E-state index contributed by atoms with van der Waals surface area (Å²) in [7, 11) is 0.